The van der Waals surface area contributed by atoms with E-state index < -0.39 is 5.82 Å². The Morgan fingerprint density at radius 2 is 2.28 bits per heavy atom. The summed E-state index contributed by atoms with van der Waals surface area (Å²) >= 11 is 0. The van der Waals surface area contributed by atoms with Crippen molar-refractivity contribution in [3.63, 3.8) is 0 Å². The Labute approximate surface area is 106 Å². The maximum absolute atomic E-state index is 13.7. The highest BCUT2D eigenvalue weighted by Gasteiger charge is 2.13. The first-order chi connectivity index (χ1) is 8.62. The molecule has 0 unspecified atom stereocenters. The van der Waals surface area contributed by atoms with E-state index in [2.05, 4.69) is 0 Å². The monoisotopic (exact) mass is 249 g/mol. The van der Waals surface area contributed by atoms with Crippen molar-refractivity contribution in [1.29, 1.82) is 5.26 Å². The summed E-state index contributed by atoms with van der Waals surface area (Å²) in [6.45, 7) is 2.81. The van der Waals surface area contributed by atoms with E-state index in [1.54, 1.807) is 6.07 Å². The van der Waals surface area contributed by atoms with Gasteiger partial charge in [0.1, 0.15) is 5.82 Å². The highest BCUT2D eigenvalue weighted by Crippen LogP contribution is 2.13. The van der Waals surface area contributed by atoms with E-state index in [0.29, 0.717) is 12.1 Å². The molecule has 0 atom stereocenters. The van der Waals surface area contributed by atoms with Crippen LogP contribution in [0.4, 0.5) is 4.39 Å². The molecule has 0 aromatic heterocycles. The van der Waals surface area contributed by atoms with Crippen molar-refractivity contribution in [3.05, 3.63) is 35.1 Å². The molecule has 0 fully saturated rings. The maximum atomic E-state index is 13.7. The van der Waals surface area contributed by atoms with Crippen LogP contribution in [0.25, 0.3) is 0 Å². The van der Waals surface area contributed by atoms with Crippen LogP contribution in [-0.4, -0.2) is 23.9 Å². The van der Waals surface area contributed by atoms with E-state index in [4.69, 9.17) is 11.0 Å². The summed E-state index contributed by atoms with van der Waals surface area (Å²) in [6.07, 6.45) is 0.256. The number of hydrogen-bond acceptors (Lipinski definition) is 3. The Balaban J connectivity index is 2.82. The summed E-state index contributed by atoms with van der Waals surface area (Å²) in [7, 11) is 0. The van der Waals surface area contributed by atoms with Crippen LogP contribution in [0.2, 0.25) is 0 Å². The number of carbonyl (C=O) groups is 1. The highest BCUT2D eigenvalue weighted by atomic mass is 19.1. The lowest BCUT2D eigenvalue weighted by Crippen LogP contribution is -2.32. The second kappa shape index (κ2) is 6.72. The highest BCUT2D eigenvalue weighted by molar-refractivity contribution is 5.76. The number of amides is 1. The molecule has 0 saturated heterocycles. The second-order valence-electron chi connectivity index (χ2n) is 3.86. The van der Waals surface area contributed by atoms with Crippen LogP contribution in [0, 0.1) is 17.1 Å². The SMILES string of the molecule is CCN(Cc1ccc(C#N)cc1F)C(=O)CCN. The number of benzene rings is 1. The van der Waals surface area contributed by atoms with Gasteiger partial charge in [-0.1, -0.05) is 6.07 Å². The predicted molar refractivity (Wildman–Crippen MR) is 65.9 cm³/mol. The Morgan fingerprint density at radius 1 is 1.56 bits per heavy atom. The quantitative estimate of drug-likeness (QED) is 0.857. The molecule has 0 saturated carbocycles. The number of nitriles is 1. The third-order valence-corrected chi connectivity index (χ3v) is 2.64. The van der Waals surface area contributed by atoms with Gasteiger partial charge in [0.2, 0.25) is 5.91 Å². The molecule has 0 aliphatic heterocycles. The summed E-state index contributed by atoms with van der Waals surface area (Å²) in [5, 5.41) is 8.64. The fourth-order valence-corrected chi connectivity index (χ4v) is 1.61. The van der Waals surface area contributed by atoms with Crippen LogP contribution in [0.5, 0.6) is 0 Å². The maximum Gasteiger partial charge on any atom is 0.224 e. The first kappa shape index (κ1) is 14.1. The Morgan fingerprint density at radius 3 is 2.78 bits per heavy atom. The molecule has 2 N–H and O–H groups in total. The van der Waals surface area contributed by atoms with Gasteiger partial charge in [0.25, 0.3) is 0 Å². The molecular formula is C13H16FN3O. The average molecular weight is 249 g/mol. The standard InChI is InChI=1S/C13H16FN3O/c1-2-17(13(18)5-6-15)9-11-4-3-10(8-16)7-12(11)14/h3-4,7H,2,5-6,9,15H2,1H3. The third-order valence-electron chi connectivity index (χ3n) is 2.64. The lowest BCUT2D eigenvalue weighted by atomic mass is 10.1. The molecule has 0 bridgehead atoms. The molecule has 1 rings (SSSR count). The van der Waals surface area contributed by atoms with Gasteiger partial charge in [-0.3, -0.25) is 4.79 Å². The van der Waals surface area contributed by atoms with Crippen molar-refractivity contribution in [2.75, 3.05) is 13.1 Å². The minimum atomic E-state index is -0.465. The Kier molecular flexibility index (Phi) is 5.28. The van der Waals surface area contributed by atoms with Crippen molar-refractivity contribution in [2.45, 2.75) is 19.9 Å². The number of nitrogens with zero attached hydrogens (tertiary/aromatic N) is 2. The second-order valence-corrected chi connectivity index (χ2v) is 3.86. The Hall–Kier alpha value is -1.93. The third kappa shape index (κ3) is 3.54. The van der Waals surface area contributed by atoms with E-state index in [1.165, 1.54) is 17.0 Å². The van der Waals surface area contributed by atoms with Crippen LogP contribution >= 0.6 is 0 Å². The van der Waals surface area contributed by atoms with Gasteiger partial charge >= 0.3 is 0 Å². The van der Waals surface area contributed by atoms with Crippen molar-refractivity contribution in [1.82, 2.24) is 4.90 Å². The molecule has 0 spiro atoms. The van der Waals surface area contributed by atoms with Crippen molar-refractivity contribution in [2.24, 2.45) is 5.73 Å². The predicted octanol–water partition coefficient (Wildman–Crippen LogP) is 1.39. The summed E-state index contributed by atoms with van der Waals surface area (Å²) < 4.78 is 13.7. The number of hydrogen-bond donors (Lipinski definition) is 1. The first-order valence-corrected chi connectivity index (χ1v) is 5.78. The molecule has 1 aromatic rings. The number of rotatable bonds is 5. The summed E-state index contributed by atoms with van der Waals surface area (Å²) in [6, 6.07) is 6.12. The first-order valence-electron chi connectivity index (χ1n) is 5.78. The van der Waals surface area contributed by atoms with Crippen LogP contribution in [0.3, 0.4) is 0 Å². The number of nitrogens with two attached hydrogens (primary N) is 1. The minimum absolute atomic E-state index is 0.0937. The van der Waals surface area contributed by atoms with E-state index in [-0.39, 0.29) is 31.0 Å². The molecule has 0 radical (unpaired) electrons. The van der Waals surface area contributed by atoms with Gasteiger partial charge in [-0.05, 0) is 19.1 Å². The van der Waals surface area contributed by atoms with Gasteiger partial charge in [0, 0.05) is 31.6 Å². The van der Waals surface area contributed by atoms with Gasteiger partial charge in [-0.15, -0.1) is 0 Å². The van der Waals surface area contributed by atoms with Crippen molar-refractivity contribution in [3.8, 4) is 6.07 Å². The van der Waals surface area contributed by atoms with Crippen LogP contribution in [0.1, 0.15) is 24.5 Å². The Bertz CT molecular complexity index is 468. The van der Waals surface area contributed by atoms with E-state index in [9.17, 15) is 9.18 Å². The smallest absolute Gasteiger partial charge is 0.224 e. The molecule has 96 valence electrons. The van der Waals surface area contributed by atoms with Gasteiger partial charge in [-0.2, -0.15) is 5.26 Å². The molecule has 0 aliphatic rings. The molecule has 0 heterocycles. The molecule has 0 aliphatic carbocycles. The zero-order valence-corrected chi connectivity index (χ0v) is 10.3. The molecule has 4 nitrogen and oxygen atoms in total. The molecular weight excluding hydrogens is 233 g/mol. The van der Waals surface area contributed by atoms with E-state index >= 15 is 0 Å². The normalized spacial score (nSPS) is 9.89. The van der Waals surface area contributed by atoms with Crippen LogP contribution in [0.15, 0.2) is 18.2 Å². The van der Waals surface area contributed by atoms with Gasteiger partial charge in [0.05, 0.1) is 11.6 Å². The van der Waals surface area contributed by atoms with Gasteiger partial charge in [-0.25, -0.2) is 4.39 Å². The zero-order chi connectivity index (χ0) is 13.5. The van der Waals surface area contributed by atoms with E-state index in [0.717, 1.165) is 0 Å². The van der Waals surface area contributed by atoms with Crippen LogP contribution < -0.4 is 5.73 Å². The summed E-state index contributed by atoms with van der Waals surface area (Å²) in [5.41, 5.74) is 6.00. The largest absolute Gasteiger partial charge is 0.339 e. The molecule has 5 heteroatoms. The summed E-state index contributed by atoms with van der Waals surface area (Å²) in [4.78, 5) is 13.2. The van der Waals surface area contributed by atoms with Gasteiger partial charge in [0.15, 0.2) is 0 Å². The zero-order valence-electron chi connectivity index (χ0n) is 10.3. The number of carbonyl (C=O) groups excluding carboxylic acids is 1. The van der Waals surface area contributed by atoms with Crippen molar-refractivity contribution < 1.29 is 9.18 Å². The lowest BCUT2D eigenvalue weighted by Gasteiger charge is -2.21. The fraction of sp³-hybridized carbons (Fsp3) is 0.385. The van der Waals surface area contributed by atoms with Crippen molar-refractivity contribution >= 4 is 5.91 Å². The molecule has 1 aromatic carbocycles. The van der Waals surface area contributed by atoms with E-state index in [1.807, 2.05) is 13.0 Å². The molecule has 18 heavy (non-hydrogen) atoms. The topological polar surface area (TPSA) is 70.1 Å². The summed E-state index contributed by atoms with van der Waals surface area (Å²) in [5.74, 6) is -0.559. The van der Waals surface area contributed by atoms with Gasteiger partial charge < -0.3 is 10.6 Å². The van der Waals surface area contributed by atoms with Crippen LogP contribution in [-0.2, 0) is 11.3 Å². The average Bonchev–Trinajstić information content (AvgIpc) is 2.37. The fourth-order valence-electron chi connectivity index (χ4n) is 1.61. The number of halogens is 1. The lowest BCUT2D eigenvalue weighted by molar-refractivity contribution is -0.131. The minimum Gasteiger partial charge on any atom is -0.339 e. The molecule has 1 amide bonds.